The van der Waals surface area contributed by atoms with Crippen molar-refractivity contribution in [3.05, 3.63) is 95.3 Å². The van der Waals surface area contributed by atoms with E-state index in [-0.39, 0.29) is 23.0 Å². The summed E-state index contributed by atoms with van der Waals surface area (Å²) in [7, 11) is 1.34. The van der Waals surface area contributed by atoms with Crippen LogP contribution >= 0.6 is 0 Å². The Labute approximate surface area is 255 Å². The molecule has 0 spiro atoms. The van der Waals surface area contributed by atoms with Crippen LogP contribution in [0, 0.1) is 0 Å². The summed E-state index contributed by atoms with van der Waals surface area (Å²) in [6, 6.07) is 21.5. The minimum atomic E-state index is -1.05. The van der Waals surface area contributed by atoms with E-state index in [1.54, 1.807) is 36.4 Å². The van der Waals surface area contributed by atoms with Gasteiger partial charge in [0, 0.05) is 23.2 Å². The van der Waals surface area contributed by atoms with Gasteiger partial charge >= 0.3 is 11.9 Å². The topological polar surface area (TPSA) is 160 Å². The average Bonchev–Trinajstić information content (AvgIpc) is 4.01. The minimum absolute atomic E-state index is 0.110. The summed E-state index contributed by atoms with van der Waals surface area (Å²) < 4.78 is 26.7. The van der Waals surface area contributed by atoms with Gasteiger partial charge in [-0.2, -0.15) is 0 Å². The lowest BCUT2D eigenvalue weighted by atomic mass is 10.1. The fourth-order valence-electron chi connectivity index (χ4n) is 4.84. The Morgan fingerprint density at radius 2 is 1.16 bits per heavy atom. The van der Waals surface area contributed by atoms with Crippen molar-refractivity contribution in [2.24, 2.45) is 0 Å². The third kappa shape index (κ3) is 5.90. The van der Waals surface area contributed by atoms with E-state index in [9.17, 15) is 14.7 Å². The number of carboxylic acid groups (broad SMARTS) is 1. The molecule has 0 bridgehead atoms. The van der Waals surface area contributed by atoms with Crippen LogP contribution in [0.25, 0.3) is 22.2 Å². The van der Waals surface area contributed by atoms with Gasteiger partial charge in [0.15, 0.2) is 0 Å². The van der Waals surface area contributed by atoms with Crippen LogP contribution in [0.1, 0.15) is 69.6 Å². The van der Waals surface area contributed by atoms with Gasteiger partial charge in [0.1, 0.15) is 22.3 Å². The van der Waals surface area contributed by atoms with E-state index in [2.05, 4.69) is 20.3 Å². The molecule has 2 aliphatic carbocycles. The summed E-state index contributed by atoms with van der Waals surface area (Å²) >= 11 is 0. The molecule has 8 rings (SSSR count). The molecule has 2 fully saturated rings. The maximum Gasteiger partial charge on any atom is 0.338 e. The summed E-state index contributed by atoms with van der Waals surface area (Å²) in [6.45, 7) is 0. The molecule has 12 heteroatoms. The van der Waals surface area contributed by atoms with Gasteiger partial charge in [-0.15, -0.1) is 0 Å². The van der Waals surface area contributed by atoms with Crippen molar-refractivity contribution >= 4 is 34.1 Å². The average molecular weight is 607 g/mol. The predicted octanol–water partition coefficient (Wildman–Crippen LogP) is 7.27. The molecule has 1 N–H and O–H groups in total. The lowest BCUT2D eigenvalue weighted by Crippen LogP contribution is -2.04. The van der Waals surface area contributed by atoms with Gasteiger partial charge in [0.25, 0.3) is 23.2 Å². The molecule has 45 heavy (non-hydrogen) atoms. The molecule has 4 heterocycles. The van der Waals surface area contributed by atoms with Crippen LogP contribution in [0.4, 0.5) is 0 Å². The summed E-state index contributed by atoms with van der Waals surface area (Å²) in [5.41, 5.74) is 2.55. The number of carbonyl (C=O) groups excluding carboxylic acids is 1. The van der Waals surface area contributed by atoms with Gasteiger partial charge < -0.3 is 28.4 Å². The molecule has 0 amide bonds. The third-order valence-electron chi connectivity index (χ3n) is 7.41. The first-order valence-corrected chi connectivity index (χ1v) is 14.4. The molecule has 226 valence electrons. The molecule has 4 aromatic heterocycles. The van der Waals surface area contributed by atoms with E-state index >= 15 is 0 Å². The molecule has 2 saturated carbocycles. The molecule has 2 aliphatic rings. The quantitative estimate of drug-likeness (QED) is 0.173. The van der Waals surface area contributed by atoms with Crippen LogP contribution in [-0.2, 0) is 4.74 Å². The van der Waals surface area contributed by atoms with Gasteiger partial charge in [-0.1, -0.05) is 36.4 Å². The number of carboxylic acids is 1. The van der Waals surface area contributed by atoms with Crippen molar-refractivity contribution in [1.82, 2.24) is 20.3 Å². The maximum atomic E-state index is 12.2. The standard InChI is InChI=1S/C17H14N2O4.C16H12N2O4/c1-21-17(20)12-9-13(10-7-8-10)18-15-14(12)16(19-23-15)22-11-5-3-2-4-6-11;19-16(20)11-8-12(9-6-7-9)17-14-13(11)15(18-22-14)21-10-4-2-1-3-5-10/h2-6,9-10H,7-8H2,1H3;1-5,8-9H,6-7H2,(H,19,20). The molecule has 2 aromatic carbocycles. The number of fused-ring (bicyclic) bond motifs is 2. The highest BCUT2D eigenvalue weighted by Gasteiger charge is 2.31. The van der Waals surface area contributed by atoms with Crippen LogP contribution in [0.5, 0.6) is 23.3 Å². The number of rotatable bonds is 8. The molecule has 0 radical (unpaired) electrons. The van der Waals surface area contributed by atoms with Gasteiger partial charge in [-0.25, -0.2) is 19.6 Å². The zero-order chi connectivity index (χ0) is 30.9. The van der Waals surface area contributed by atoms with Crippen LogP contribution < -0.4 is 9.47 Å². The number of benzene rings is 2. The van der Waals surface area contributed by atoms with Crippen LogP contribution in [0.15, 0.2) is 81.8 Å². The second-order valence-electron chi connectivity index (χ2n) is 10.7. The van der Waals surface area contributed by atoms with Crippen LogP contribution in [-0.4, -0.2) is 44.4 Å². The normalized spacial score (nSPS) is 14.1. The SMILES string of the molecule is COC(=O)c1cc(C2CC2)nc2onc(Oc3ccccc3)c12.O=C(O)c1cc(C2CC2)nc2onc(Oc3ccccc3)c12. The summed E-state index contributed by atoms with van der Waals surface area (Å²) in [5, 5.41) is 17.9. The number of hydrogen-bond donors (Lipinski definition) is 1. The number of ether oxygens (including phenoxy) is 3. The number of aromatic carboxylic acids is 1. The molecule has 12 nitrogen and oxygen atoms in total. The third-order valence-corrected chi connectivity index (χ3v) is 7.41. The number of esters is 1. The Bertz CT molecular complexity index is 2020. The highest BCUT2D eigenvalue weighted by atomic mass is 16.5. The lowest BCUT2D eigenvalue weighted by Gasteiger charge is -2.05. The van der Waals surface area contributed by atoms with E-state index < -0.39 is 11.9 Å². The van der Waals surface area contributed by atoms with Gasteiger partial charge in [0.2, 0.25) is 0 Å². The van der Waals surface area contributed by atoms with Crippen molar-refractivity contribution in [3.63, 3.8) is 0 Å². The predicted molar refractivity (Wildman–Crippen MR) is 159 cm³/mol. The Balaban J connectivity index is 0.000000145. The number of para-hydroxylation sites is 2. The number of pyridine rings is 2. The minimum Gasteiger partial charge on any atom is -0.478 e. The monoisotopic (exact) mass is 606 g/mol. The fraction of sp³-hybridized carbons (Fsp3) is 0.212. The second kappa shape index (κ2) is 11.7. The fourth-order valence-corrected chi connectivity index (χ4v) is 4.84. The molecular formula is C33H26N4O8. The number of carbonyl (C=O) groups is 2. The molecule has 0 saturated heterocycles. The molecule has 0 unspecified atom stereocenters. The lowest BCUT2D eigenvalue weighted by molar-refractivity contribution is 0.0601. The van der Waals surface area contributed by atoms with E-state index in [1.165, 1.54) is 7.11 Å². The first-order chi connectivity index (χ1) is 22.0. The number of nitrogens with zero attached hydrogens (tertiary/aromatic N) is 4. The summed E-state index contributed by atoms with van der Waals surface area (Å²) in [6.07, 6.45) is 4.19. The smallest absolute Gasteiger partial charge is 0.338 e. The summed E-state index contributed by atoms with van der Waals surface area (Å²) in [4.78, 5) is 32.5. The van der Waals surface area contributed by atoms with Crippen molar-refractivity contribution in [2.75, 3.05) is 7.11 Å². The van der Waals surface area contributed by atoms with Crippen molar-refractivity contribution in [3.8, 4) is 23.3 Å². The molecular weight excluding hydrogens is 580 g/mol. The van der Waals surface area contributed by atoms with Crippen molar-refractivity contribution < 1.29 is 38.0 Å². The second-order valence-corrected chi connectivity index (χ2v) is 10.7. The van der Waals surface area contributed by atoms with Gasteiger partial charge in [-0.05, 0) is 72.4 Å². The zero-order valence-electron chi connectivity index (χ0n) is 24.0. The Morgan fingerprint density at radius 1 is 0.711 bits per heavy atom. The van der Waals surface area contributed by atoms with E-state index in [4.69, 9.17) is 23.3 Å². The highest BCUT2D eigenvalue weighted by Crippen LogP contribution is 2.43. The Kier molecular flexibility index (Phi) is 7.30. The largest absolute Gasteiger partial charge is 0.478 e. The van der Waals surface area contributed by atoms with Crippen molar-refractivity contribution in [2.45, 2.75) is 37.5 Å². The van der Waals surface area contributed by atoms with E-state index in [0.29, 0.717) is 45.4 Å². The van der Waals surface area contributed by atoms with Gasteiger partial charge in [-0.3, -0.25) is 0 Å². The van der Waals surface area contributed by atoms with E-state index in [1.807, 2.05) is 36.4 Å². The number of aromatic nitrogens is 4. The highest BCUT2D eigenvalue weighted by molar-refractivity contribution is 6.04. The molecule has 6 aromatic rings. The van der Waals surface area contributed by atoms with Gasteiger partial charge in [0.05, 0.1) is 18.2 Å². The van der Waals surface area contributed by atoms with Crippen molar-refractivity contribution in [1.29, 1.82) is 0 Å². The molecule has 0 atom stereocenters. The molecule has 0 aliphatic heterocycles. The van der Waals surface area contributed by atoms with E-state index in [0.717, 1.165) is 37.1 Å². The first kappa shape index (κ1) is 28.0. The first-order valence-electron chi connectivity index (χ1n) is 14.4. The van der Waals surface area contributed by atoms with Crippen LogP contribution in [0.2, 0.25) is 0 Å². The summed E-state index contributed by atoms with van der Waals surface area (Å²) in [5.74, 6) is 0.688. The Hall–Kier alpha value is -5.78. The number of methoxy groups -OCH3 is 1. The number of hydrogen-bond acceptors (Lipinski definition) is 11. The maximum absolute atomic E-state index is 12.2. The zero-order valence-corrected chi connectivity index (χ0v) is 24.0. The Morgan fingerprint density at radius 3 is 1.58 bits per heavy atom. The van der Waals surface area contributed by atoms with Crippen LogP contribution in [0.3, 0.4) is 0 Å².